The first-order chi connectivity index (χ1) is 12.6. The van der Waals surface area contributed by atoms with Crippen LogP contribution in [0.25, 0.3) is 0 Å². The van der Waals surface area contributed by atoms with Gasteiger partial charge in [-0.15, -0.1) is 0 Å². The fraction of sp³-hybridized carbons (Fsp3) is 0.400. The lowest BCUT2D eigenvalue weighted by Gasteiger charge is -2.21. The Kier molecular flexibility index (Phi) is 6.73. The van der Waals surface area contributed by atoms with E-state index in [1.54, 1.807) is 29.4 Å². The van der Waals surface area contributed by atoms with E-state index >= 15 is 0 Å². The fourth-order valence-electron chi connectivity index (χ4n) is 2.59. The second-order valence-corrected chi connectivity index (χ2v) is 9.24. The first-order valence-corrected chi connectivity index (χ1v) is 10.3. The van der Waals surface area contributed by atoms with Gasteiger partial charge in [0.1, 0.15) is 0 Å². The van der Waals surface area contributed by atoms with E-state index in [4.69, 9.17) is 0 Å². The van der Waals surface area contributed by atoms with Crippen molar-refractivity contribution >= 4 is 15.9 Å². The van der Waals surface area contributed by atoms with E-state index in [1.807, 2.05) is 24.3 Å². The van der Waals surface area contributed by atoms with Gasteiger partial charge in [0.25, 0.3) is 0 Å². The van der Waals surface area contributed by atoms with Crippen LogP contribution >= 0.6 is 0 Å². The Morgan fingerprint density at radius 1 is 1.07 bits per heavy atom. The summed E-state index contributed by atoms with van der Waals surface area (Å²) in [6.45, 7) is 8.56. The van der Waals surface area contributed by atoms with Gasteiger partial charge in [-0.25, -0.2) is 13.1 Å². The van der Waals surface area contributed by atoms with Gasteiger partial charge in [0.2, 0.25) is 15.9 Å². The highest BCUT2D eigenvalue weighted by Crippen LogP contribution is 2.23. The summed E-state index contributed by atoms with van der Waals surface area (Å²) in [5, 5.41) is 0. The predicted octanol–water partition coefficient (Wildman–Crippen LogP) is 2.71. The minimum Gasteiger partial charge on any atom is -0.337 e. The summed E-state index contributed by atoms with van der Waals surface area (Å²) < 4.78 is 27.5. The number of aromatic nitrogens is 1. The standard InChI is InChI=1S/C20H27N3O3S/c1-16(24)23(15-17-9-11-21-12-10-17)14-13-22-27(25,26)19-7-5-18(6-8-19)20(2,3)4/h5-12,22H,13-15H2,1-4H3. The van der Waals surface area contributed by atoms with E-state index in [1.165, 1.54) is 6.92 Å². The predicted molar refractivity (Wildman–Crippen MR) is 106 cm³/mol. The molecule has 0 aliphatic rings. The average Bonchev–Trinajstić information content (AvgIpc) is 2.61. The van der Waals surface area contributed by atoms with Crippen LogP contribution < -0.4 is 4.72 Å². The van der Waals surface area contributed by atoms with Crippen molar-refractivity contribution < 1.29 is 13.2 Å². The number of pyridine rings is 1. The summed E-state index contributed by atoms with van der Waals surface area (Å²) in [6, 6.07) is 10.6. The molecule has 0 radical (unpaired) electrons. The molecule has 1 aromatic carbocycles. The maximum Gasteiger partial charge on any atom is 0.240 e. The Balaban J connectivity index is 1.98. The van der Waals surface area contributed by atoms with Crippen LogP contribution in [0.1, 0.15) is 38.8 Å². The number of rotatable bonds is 7. The molecular weight excluding hydrogens is 362 g/mol. The summed E-state index contributed by atoms with van der Waals surface area (Å²) in [7, 11) is -3.61. The van der Waals surface area contributed by atoms with Gasteiger partial charge in [0, 0.05) is 39.0 Å². The highest BCUT2D eigenvalue weighted by molar-refractivity contribution is 7.89. The number of benzene rings is 1. The summed E-state index contributed by atoms with van der Waals surface area (Å²) in [5.41, 5.74) is 1.98. The molecule has 0 atom stereocenters. The molecule has 0 unspecified atom stereocenters. The largest absolute Gasteiger partial charge is 0.337 e. The van der Waals surface area contributed by atoms with Crippen LogP contribution in [0, 0.1) is 0 Å². The number of carbonyl (C=O) groups excluding carboxylic acids is 1. The van der Waals surface area contributed by atoms with Crippen molar-refractivity contribution in [1.29, 1.82) is 0 Å². The molecule has 0 fully saturated rings. The molecule has 2 rings (SSSR count). The molecule has 27 heavy (non-hydrogen) atoms. The third kappa shape index (κ3) is 6.15. The maximum absolute atomic E-state index is 12.5. The maximum atomic E-state index is 12.5. The highest BCUT2D eigenvalue weighted by atomic mass is 32.2. The van der Waals surface area contributed by atoms with Crippen LogP contribution in [0.4, 0.5) is 0 Å². The molecule has 6 nitrogen and oxygen atoms in total. The number of hydrogen-bond donors (Lipinski definition) is 1. The topological polar surface area (TPSA) is 79.4 Å². The zero-order chi connectivity index (χ0) is 20.1. The normalized spacial score (nSPS) is 12.0. The third-order valence-corrected chi connectivity index (χ3v) is 5.75. The van der Waals surface area contributed by atoms with Crippen LogP contribution in [0.15, 0.2) is 53.7 Å². The van der Waals surface area contributed by atoms with Gasteiger partial charge in [-0.3, -0.25) is 9.78 Å². The second kappa shape index (κ2) is 8.63. The molecule has 146 valence electrons. The Hall–Kier alpha value is -2.25. The van der Waals surface area contributed by atoms with E-state index in [2.05, 4.69) is 30.5 Å². The summed E-state index contributed by atoms with van der Waals surface area (Å²) in [4.78, 5) is 17.6. The number of carbonyl (C=O) groups is 1. The molecule has 0 saturated carbocycles. The van der Waals surface area contributed by atoms with E-state index < -0.39 is 10.0 Å². The number of hydrogen-bond acceptors (Lipinski definition) is 4. The van der Waals surface area contributed by atoms with Gasteiger partial charge in [-0.1, -0.05) is 32.9 Å². The highest BCUT2D eigenvalue weighted by Gasteiger charge is 2.18. The fourth-order valence-corrected chi connectivity index (χ4v) is 3.61. The van der Waals surface area contributed by atoms with Crippen LogP contribution in [-0.4, -0.2) is 37.3 Å². The van der Waals surface area contributed by atoms with Crippen molar-refractivity contribution in [2.24, 2.45) is 0 Å². The lowest BCUT2D eigenvalue weighted by molar-refractivity contribution is -0.129. The molecule has 1 amide bonds. The Labute approximate surface area is 161 Å². The first-order valence-electron chi connectivity index (χ1n) is 8.84. The Morgan fingerprint density at radius 2 is 1.67 bits per heavy atom. The van der Waals surface area contributed by atoms with Crippen molar-refractivity contribution in [3.63, 3.8) is 0 Å². The van der Waals surface area contributed by atoms with Gasteiger partial charge in [-0.2, -0.15) is 0 Å². The van der Waals surface area contributed by atoms with Crippen molar-refractivity contribution in [3.05, 3.63) is 59.9 Å². The van der Waals surface area contributed by atoms with E-state index in [0.29, 0.717) is 6.54 Å². The van der Waals surface area contributed by atoms with Gasteiger partial charge in [0.15, 0.2) is 0 Å². The van der Waals surface area contributed by atoms with Crippen LogP contribution in [-0.2, 0) is 26.8 Å². The van der Waals surface area contributed by atoms with Crippen molar-refractivity contribution in [1.82, 2.24) is 14.6 Å². The summed E-state index contributed by atoms with van der Waals surface area (Å²) in [5.74, 6) is -0.111. The van der Waals surface area contributed by atoms with Crippen molar-refractivity contribution in [3.8, 4) is 0 Å². The van der Waals surface area contributed by atoms with Crippen LogP contribution in [0.2, 0.25) is 0 Å². The minimum atomic E-state index is -3.61. The summed E-state index contributed by atoms with van der Waals surface area (Å²) in [6.07, 6.45) is 3.33. The molecule has 1 heterocycles. The molecule has 1 N–H and O–H groups in total. The zero-order valence-electron chi connectivity index (χ0n) is 16.3. The van der Waals surface area contributed by atoms with E-state index in [-0.39, 0.29) is 29.3 Å². The number of sulfonamides is 1. The Morgan fingerprint density at radius 3 is 2.19 bits per heavy atom. The lowest BCUT2D eigenvalue weighted by Crippen LogP contribution is -2.37. The van der Waals surface area contributed by atoms with Crippen molar-refractivity contribution in [2.75, 3.05) is 13.1 Å². The molecule has 1 aromatic heterocycles. The van der Waals surface area contributed by atoms with Crippen molar-refractivity contribution in [2.45, 2.75) is 44.6 Å². The third-order valence-electron chi connectivity index (χ3n) is 4.27. The van der Waals surface area contributed by atoms with Crippen LogP contribution in [0.3, 0.4) is 0 Å². The monoisotopic (exact) mass is 389 g/mol. The van der Waals surface area contributed by atoms with Gasteiger partial charge >= 0.3 is 0 Å². The zero-order valence-corrected chi connectivity index (χ0v) is 17.1. The second-order valence-electron chi connectivity index (χ2n) is 7.47. The molecule has 0 aliphatic heterocycles. The molecule has 0 aliphatic carbocycles. The van der Waals surface area contributed by atoms with E-state index in [0.717, 1.165) is 11.1 Å². The molecule has 2 aromatic rings. The number of nitrogens with one attached hydrogen (secondary N) is 1. The molecular formula is C20H27N3O3S. The number of amides is 1. The smallest absolute Gasteiger partial charge is 0.240 e. The molecule has 0 bridgehead atoms. The van der Waals surface area contributed by atoms with Crippen LogP contribution in [0.5, 0.6) is 0 Å². The minimum absolute atomic E-state index is 0.0370. The average molecular weight is 390 g/mol. The quantitative estimate of drug-likeness (QED) is 0.790. The van der Waals surface area contributed by atoms with Gasteiger partial charge in [-0.05, 0) is 40.8 Å². The summed E-state index contributed by atoms with van der Waals surface area (Å²) >= 11 is 0. The van der Waals surface area contributed by atoms with E-state index in [9.17, 15) is 13.2 Å². The SMILES string of the molecule is CC(=O)N(CCNS(=O)(=O)c1ccc(C(C)(C)C)cc1)Cc1ccncc1. The molecule has 0 spiro atoms. The molecule has 7 heteroatoms. The lowest BCUT2D eigenvalue weighted by atomic mass is 9.87. The Bertz CT molecular complexity index is 858. The number of nitrogens with zero attached hydrogens (tertiary/aromatic N) is 2. The first kappa shape index (κ1) is 21.1. The van der Waals surface area contributed by atoms with Gasteiger partial charge < -0.3 is 4.90 Å². The van der Waals surface area contributed by atoms with Gasteiger partial charge in [0.05, 0.1) is 4.90 Å². The molecule has 0 saturated heterocycles.